The summed E-state index contributed by atoms with van der Waals surface area (Å²) in [6.45, 7) is 0. The number of hydrazone groups is 1. The molecule has 0 saturated carbocycles. The van der Waals surface area contributed by atoms with Gasteiger partial charge in [0.25, 0.3) is 0 Å². The molecule has 1 aliphatic carbocycles. The molecule has 4 nitrogen and oxygen atoms in total. The predicted molar refractivity (Wildman–Crippen MR) is 104 cm³/mol. The van der Waals surface area contributed by atoms with Gasteiger partial charge < -0.3 is 4.74 Å². The number of nitrogens with one attached hydrogen (secondary N) is 1. The van der Waals surface area contributed by atoms with E-state index in [1.54, 1.807) is 19.2 Å². The molecule has 3 aromatic rings. The summed E-state index contributed by atoms with van der Waals surface area (Å²) in [7, 11) is 1.70. The van der Waals surface area contributed by atoms with Gasteiger partial charge >= 0.3 is 0 Å². The normalized spacial score (nSPS) is 14.9. The summed E-state index contributed by atoms with van der Waals surface area (Å²) in [6.07, 6.45) is 2.97. The molecule has 1 aromatic heterocycles. The molecule has 1 heterocycles. The Morgan fingerprint density at radius 3 is 2.81 bits per heavy atom. The fraction of sp³-hybridized carbons (Fsp3) is 0.200. The topological polar surface area (TPSA) is 46.5 Å². The first kappa shape index (κ1) is 16.7. The first-order chi connectivity index (χ1) is 12.7. The quantitative estimate of drug-likeness (QED) is 0.652. The van der Waals surface area contributed by atoms with Crippen LogP contribution in [0.5, 0.6) is 5.75 Å². The van der Waals surface area contributed by atoms with E-state index < -0.39 is 0 Å². The molecule has 0 atom stereocenters. The van der Waals surface area contributed by atoms with E-state index in [2.05, 4.69) is 21.6 Å². The summed E-state index contributed by atoms with van der Waals surface area (Å²) < 4.78 is 18.5. The molecule has 0 radical (unpaired) electrons. The third-order valence-corrected chi connectivity index (χ3v) is 5.18. The summed E-state index contributed by atoms with van der Waals surface area (Å²) in [5.41, 5.74) is 8.14. The van der Waals surface area contributed by atoms with E-state index in [0.29, 0.717) is 5.13 Å². The molecule has 26 heavy (non-hydrogen) atoms. The number of hydrogen-bond acceptors (Lipinski definition) is 5. The molecule has 4 rings (SSSR count). The summed E-state index contributed by atoms with van der Waals surface area (Å²) in [5.74, 6) is 0.669. The SMILES string of the molecule is COc1cccc2c1CCCC2=NNc1nc(-c2ccc(F)cc2)cs1. The van der Waals surface area contributed by atoms with Crippen LogP contribution in [0.1, 0.15) is 24.0 Å². The third-order valence-electron chi connectivity index (χ3n) is 4.43. The monoisotopic (exact) mass is 367 g/mol. The average molecular weight is 367 g/mol. The van der Waals surface area contributed by atoms with Gasteiger partial charge in [-0.25, -0.2) is 9.37 Å². The number of thiazole rings is 1. The molecule has 0 spiro atoms. The standard InChI is InChI=1S/C20H18FN3OS/c1-25-19-7-3-4-15-16(19)5-2-6-17(15)23-24-20-22-18(12-26-20)13-8-10-14(21)11-9-13/h3-4,7-12H,2,5-6H2,1H3,(H,22,24). The molecule has 0 aliphatic heterocycles. The fourth-order valence-electron chi connectivity index (χ4n) is 3.16. The Kier molecular flexibility index (Phi) is 4.67. The van der Waals surface area contributed by atoms with Gasteiger partial charge in [-0.2, -0.15) is 5.10 Å². The first-order valence-electron chi connectivity index (χ1n) is 8.45. The number of rotatable bonds is 4. The van der Waals surface area contributed by atoms with Crippen LogP contribution in [-0.4, -0.2) is 17.8 Å². The molecule has 0 saturated heterocycles. The van der Waals surface area contributed by atoms with Gasteiger partial charge in [0, 0.05) is 22.1 Å². The van der Waals surface area contributed by atoms with Gasteiger partial charge in [-0.1, -0.05) is 12.1 Å². The van der Waals surface area contributed by atoms with Crippen LogP contribution in [0.25, 0.3) is 11.3 Å². The van der Waals surface area contributed by atoms with Crippen molar-refractivity contribution in [3.05, 3.63) is 64.8 Å². The number of hydrogen-bond donors (Lipinski definition) is 1. The van der Waals surface area contributed by atoms with Gasteiger partial charge in [0.15, 0.2) is 0 Å². The molecule has 0 bridgehead atoms. The maximum atomic E-state index is 13.1. The molecule has 2 aromatic carbocycles. The zero-order valence-electron chi connectivity index (χ0n) is 14.3. The Hall–Kier alpha value is -2.73. The predicted octanol–water partition coefficient (Wildman–Crippen LogP) is 5.11. The van der Waals surface area contributed by atoms with Crippen LogP contribution in [0.15, 0.2) is 52.9 Å². The smallest absolute Gasteiger partial charge is 0.203 e. The Morgan fingerprint density at radius 2 is 2.00 bits per heavy atom. The third kappa shape index (κ3) is 3.32. The van der Waals surface area contributed by atoms with Crippen LogP contribution < -0.4 is 10.2 Å². The van der Waals surface area contributed by atoms with E-state index in [4.69, 9.17) is 4.74 Å². The molecular weight excluding hydrogens is 349 g/mol. The van der Waals surface area contributed by atoms with Crippen molar-refractivity contribution in [3.63, 3.8) is 0 Å². The van der Waals surface area contributed by atoms with E-state index >= 15 is 0 Å². The van der Waals surface area contributed by atoms with Gasteiger partial charge in [0.2, 0.25) is 5.13 Å². The van der Waals surface area contributed by atoms with Gasteiger partial charge in [0.1, 0.15) is 11.6 Å². The second-order valence-corrected chi connectivity index (χ2v) is 6.91. The van der Waals surface area contributed by atoms with Crippen molar-refractivity contribution in [2.45, 2.75) is 19.3 Å². The number of methoxy groups -OCH3 is 1. The second-order valence-electron chi connectivity index (χ2n) is 6.06. The summed E-state index contributed by atoms with van der Waals surface area (Å²) in [5, 5.41) is 7.24. The Bertz CT molecular complexity index is 950. The highest BCUT2D eigenvalue weighted by Crippen LogP contribution is 2.30. The maximum Gasteiger partial charge on any atom is 0.203 e. The van der Waals surface area contributed by atoms with E-state index in [-0.39, 0.29) is 5.82 Å². The number of aromatic nitrogens is 1. The van der Waals surface area contributed by atoms with Crippen molar-refractivity contribution in [2.75, 3.05) is 12.5 Å². The lowest BCUT2D eigenvalue weighted by Gasteiger charge is -2.20. The zero-order valence-corrected chi connectivity index (χ0v) is 15.1. The van der Waals surface area contributed by atoms with E-state index in [9.17, 15) is 4.39 Å². The number of benzene rings is 2. The first-order valence-corrected chi connectivity index (χ1v) is 9.33. The number of nitrogens with zero attached hydrogens (tertiary/aromatic N) is 2. The molecular formula is C20H18FN3OS. The van der Waals surface area contributed by atoms with Crippen LogP contribution in [0.4, 0.5) is 9.52 Å². The van der Waals surface area contributed by atoms with Crippen molar-refractivity contribution < 1.29 is 9.13 Å². The van der Waals surface area contributed by atoms with E-state index in [1.165, 1.54) is 29.0 Å². The maximum absolute atomic E-state index is 13.1. The van der Waals surface area contributed by atoms with Gasteiger partial charge in [-0.05, 0) is 49.6 Å². The number of anilines is 1. The zero-order chi connectivity index (χ0) is 17.9. The Balaban J connectivity index is 1.56. The highest BCUT2D eigenvalue weighted by atomic mass is 32.1. The average Bonchev–Trinajstić information content (AvgIpc) is 3.15. The molecule has 0 amide bonds. The van der Waals surface area contributed by atoms with Crippen LogP contribution >= 0.6 is 11.3 Å². The summed E-state index contributed by atoms with van der Waals surface area (Å²) in [6, 6.07) is 12.4. The fourth-order valence-corrected chi connectivity index (χ4v) is 3.82. The van der Waals surface area contributed by atoms with Crippen molar-refractivity contribution in [2.24, 2.45) is 5.10 Å². The minimum Gasteiger partial charge on any atom is -0.496 e. The van der Waals surface area contributed by atoms with Gasteiger partial charge in [0.05, 0.1) is 18.5 Å². The highest BCUT2D eigenvalue weighted by molar-refractivity contribution is 7.14. The highest BCUT2D eigenvalue weighted by Gasteiger charge is 2.19. The molecule has 0 fully saturated rings. The van der Waals surface area contributed by atoms with Gasteiger partial charge in [-0.15, -0.1) is 11.3 Å². The van der Waals surface area contributed by atoms with Crippen molar-refractivity contribution in [3.8, 4) is 17.0 Å². The molecule has 1 N–H and O–H groups in total. The van der Waals surface area contributed by atoms with Crippen molar-refractivity contribution in [1.29, 1.82) is 0 Å². The number of halogens is 1. The van der Waals surface area contributed by atoms with Crippen molar-refractivity contribution >= 4 is 22.2 Å². The van der Waals surface area contributed by atoms with E-state index in [1.807, 2.05) is 17.5 Å². The van der Waals surface area contributed by atoms with Crippen LogP contribution in [0, 0.1) is 5.82 Å². The minimum absolute atomic E-state index is 0.250. The lowest BCUT2D eigenvalue weighted by Crippen LogP contribution is -2.14. The van der Waals surface area contributed by atoms with Crippen LogP contribution in [0.3, 0.4) is 0 Å². The molecule has 1 aliphatic rings. The lowest BCUT2D eigenvalue weighted by atomic mass is 9.89. The van der Waals surface area contributed by atoms with Gasteiger partial charge in [-0.3, -0.25) is 5.43 Å². The molecule has 6 heteroatoms. The lowest BCUT2D eigenvalue weighted by molar-refractivity contribution is 0.408. The van der Waals surface area contributed by atoms with E-state index in [0.717, 1.165) is 47.5 Å². The summed E-state index contributed by atoms with van der Waals surface area (Å²) >= 11 is 1.48. The molecule has 132 valence electrons. The Labute approximate surface area is 155 Å². The summed E-state index contributed by atoms with van der Waals surface area (Å²) in [4.78, 5) is 4.54. The largest absolute Gasteiger partial charge is 0.496 e. The minimum atomic E-state index is -0.250. The van der Waals surface area contributed by atoms with Crippen molar-refractivity contribution in [1.82, 2.24) is 4.98 Å². The Morgan fingerprint density at radius 1 is 1.15 bits per heavy atom. The number of ether oxygens (including phenoxy) is 1. The van der Waals surface area contributed by atoms with Crippen LogP contribution in [-0.2, 0) is 6.42 Å². The van der Waals surface area contributed by atoms with Crippen LogP contribution in [0.2, 0.25) is 0 Å². The second kappa shape index (κ2) is 7.25. The molecule has 0 unspecified atom stereocenters. The number of fused-ring (bicyclic) bond motifs is 1.